The largest absolute Gasteiger partial charge is 0.469 e. The van der Waals surface area contributed by atoms with E-state index < -0.39 is 41.0 Å². The Labute approximate surface area is 293 Å². The van der Waals surface area contributed by atoms with Crippen LogP contribution in [-0.4, -0.2) is 68.6 Å². The van der Waals surface area contributed by atoms with Crippen molar-refractivity contribution in [2.24, 2.45) is 12.5 Å². The summed E-state index contributed by atoms with van der Waals surface area (Å²) in [5.74, 6) is -0.250. The smallest absolute Gasteiger partial charge is 0.416 e. The van der Waals surface area contributed by atoms with Crippen LogP contribution in [0, 0.1) is 5.41 Å². The highest BCUT2D eigenvalue weighted by Gasteiger charge is 2.42. The van der Waals surface area contributed by atoms with Crippen LogP contribution < -0.4 is 4.90 Å². The first-order valence-electron chi connectivity index (χ1n) is 16.7. The van der Waals surface area contributed by atoms with Crippen LogP contribution in [0.2, 0.25) is 0 Å². The number of benzene rings is 1. The molecule has 0 bridgehead atoms. The molecule has 0 saturated carbocycles. The predicted molar refractivity (Wildman–Crippen MR) is 176 cm³/mol. The zero-order valence-corrected chi connectivity index (χ0v) is 29.5. The van der Waals surface area contributed by atoms with E-state index >= 15 is 0 Å². The molecule has 0 aliphatic carbocycles. The van der Waals surface area contributed by atoms with Crippen molar-refractivity contribution in [3.63, 3.8) is 0 Å². The molecule has 2 aromatic heterocycles. The van der Waals surface area contributed by atoms with E-state index in [1.54, 1.807) is 33.9 Å². The van der Waals surface area contributed by atoms with Gasteiger partial charge in [-0.2, -0.15) is 31.4 Å². The van der Waals surface area contributed by atoms with Crippen LogP contribution in [0.1, 0.15) is 82.9 Å². The number of ether oxygens (including phenoxy) is 2. The third-order valence-electron chi connectivity index (χ3n) is 9.22. The Hall–Kier alpha value is -4.37. The fraction of sp³-hybridized carbons (Fsp3) is 0.571. The number of likely N-dealkylation sites (tertiary alicyclic amines) is 1. The molecular weight excluding hydrogens is 682 g/mol. The van der Waals surface area contributed by atoms with Gasteiger partial charge in [-0.15, -0.1) is 0 Å². The number of halogens is 6. The Bertz CT molecular complexity index is 1600. The zero-order valence-electron chi connectivity index (χ0n) is 29.5. The standard InChI is InChI=1S/C35H44F6N6O4/c1-7-27-14-29(15-28(8-2)47(27)32(49)51-21-33(3,4)10-9-30(48)50-6)46(31-42-16-23(17-43-31)24-18-44-45(5)20-24)19-22-11-25(34(36,37)38)13-26(12-22)35(39,40)41/h11-13,16-18,20,27-29H,7-10,14-15,19,21H2,1-6H3/t27-,28+,29?. The van der Waals surface area contributed by atoms with Crippen molar-refractivity contribution in [2.75, 3.05) is 18.6 Å². The Morgan fingerprint density at radius 1 is 0.902 bits per heavy atom. The Morgan fingerprint density at radius 3 is 1.94 bits per heavy atom. The summed E-state index contributed by atoms with van der Waals surface area (Å²) in [6.07, 6.45) is -1.86. The van der Waals surface area contributed by atoms with Gasteiger partial charge in [0.15, 0.2) is 0 Å². The highest BCUT2D eigenvalue weighted by atomic mass is 19.4. The number of aromatic nitrogens is 4. The van der Waals surface area contributed by atoms with Crippen molar-refractivity contribution >= 4 is 18.0 Å². The topological polar surface area (TPSA) is 103 Å². The van der Waals surface area contributed by atoms with Gasteiger partial charge in [0.05, 0.1) is 31.0 Å². The number of alkyl halides is 6. The lowest BCUT2D eigenvalue weighted by molar-refractivity contribution is -0.143. The maximum absolute atomic E-state index is 13.8. The van der Waals surface area contributed by atoms with E-state index in [0.717, 1.165) is 17.7 Å². The summed E-state index contributed by atoms with van der Waals surface area (Å²) in [5.41, 5.74) is -2.21. The number of aryl methyl sites for hydroxylation is 1. The van der Waals surface area contributed by atoms with E-state index in [2.05, 4.69) is 15.1 Å². The molecule has 0 radical (unpaired) electrons. The van der Waals surface area contributed by atoms with E-state index in [1.807, 2.05) is 27.7 Å². The van der Waals surface area contributed by atoms with Crippen molar-refractivity contribution in [1.29, 1.82) is 0 Å². The zero-order chi connectivity index (χ0) is 37.7. The Balaban J connectivity index is 1.67. The number of nitrogens with zero attached hydrogens (tertiary/aromatic N) is 6. The van der Waals surface area contributed by atoms with Gasteiger partial charge >= 0.3 is 24.4 Å². The summed E-state index contributed by atoms with van der Waals surface area (Å²) in [5, 5.41) is 4.14. The summed E-state index contributed by atoms with van der Waals surface area (Å²) in [6.45, 7) is 7.24. The molecule has 0 N–H and O–H groups in total. The third kappa shape index (κ3) is 10.1. The minimum Gasteiger partial charge on any atom is -0.469 e. The lowest BCUT2D eigenvalue weighted by Gasteiger charge is -2.47. The number of hydrogen-bond acceptors (Lipinski definition) is 8. The van der Waals surface area contributed by atoms with Crippen LogP contribution in [0.4, 0.5) is 37.1 Å². The quantitative estimate of drug-likeness (QED) is 0.137. The average Bonchev–Trinajstić information content (AvgIpc) is 3.53. The second-order valence-electron chi connectivity index (χ2n) is 13.7. The molecule has 280 valence electrons. The molecule has 1 aliphatic heterocycles. The molecular formula is C35H44F6N6O4. The van der Waals surface area contributed by atoms with Crippen molar-refractivity contribution in [3.8, 4) is 11.1 Å². The number of amides is 1. The van der Waals surface area contributed by atoms with Crippen LogP contribution >= 0.6 is 0 Å². The number of carbonyl (C=O) groups is 2. The first-order chi connectivity index (χ1) is 23.8. The normalized spacial score (nSPS) is 18.4. The highest BCUT2D eigenvalue weighted by Crippen LogP contribution is 2.38. The van der Waals surface area contributed by atoms with Gasteiger partial charge in [0.25, 0.3) is 0 Å². The summed E-state index contributed by atoms with van der Waals surface area (Å²) < 4.78 is 95.0. The monoisotopic (exact) mass is 726 g/mol. The van der Waals surface area contributed by atoms with Gasteiger partial charge in [-0.3, -0.25) is 9.48 Å². The van der Waals surface area contributed by atoms with E-state index in [0.29, 0.717) is 37.7 Å². The van der Waals surface area contributed by atoms with Crippen molar-refractivity contribution in [1.82, 2.24) is 24.6 Å². The Morgan fingerprint density at radius 2 is 1.47 bits per heavy atom. The lowest BCUT2D eigenvalue weighted by atomic mass is 9.87. The molecule has 51 heavy (non-hydrogen) atoms. The predicted octanol–water partition coefficient (Wildman–Crippen LogP) is 8.06. The molecule has 16 heteroatoms. The first kappa shape index (κ1) is 39.4. The second-order valence-corrected chi connectivity index (χ2v) is 13.7. The number of carbonyl (C=O) groups excluding carboxylic acids is 2. The van der Waals surface area contributed by atoms with Gasteiger partial charge in [0.1, 0.15) is 0 Å². The molecule has 1 fully saturated rings. The van der Waals surface area contributed by atoms with Crippen LogP contribution in [0.15, 0.2) is 43.0 Å². The maximum atomic E-state index is 13.8. The molecule has 1 saturated heterocycles. The van der Waals surface area contributed by atoms with Gasteiger partial charge in [0.2, 0.25) is 5.95 Å². The number of rotatable bonds is 12. The minimum absolute atomic E-state index is 0.0515. The van der Waals surface area contributed by atoms with E-state index in [-0.39, 0.29) is 55.2 Å². The van der Waals surface area contributed by atoms with Gasteiger partial charge in [0, 0.05) is 67.9 Å². The second kappa shape index (κ2) is 15.9. The number of esters is 1. The molecule has 1 aliphatic rings. The first-order valence-corrected chi connectivity index (χ1v) is 16.7. The van der Waals surface area contributed by atoms with Gasteiger partial charge in [-0.1, -0.05) is 27.7 Å². The molecule has 3 atom stereocenters. The minimum atomic E-state index is -5.01. The lowest BCUT2D eigenvalue weighted by Crippen LogP contribution is -2.57. The van der Waals surface area contributed by atoms with Crippen LogP contribution in [0.25, 0.3) is 11.1 Å². The van der Waals surface area contributed by atoms with Gasteiger partial charge in [-0.05, 0) is 61.3 Å². The van der Waals surface area contributed by atoms with E-state index in [4.69, 9.17) is 9.47 Å². The summed E-state index contributed by atoms with van der Waals surface area (Å²) in [6, 6.07) is 0.333. The highest BCUT2D eigenvalue weighted by molar-refractivity contribution is 5.70. The van der Waals surface area contributed by atoms with Gasteiger partial charge < -0.3 is 19.3 Å². The van der Waals surface area contributed by atoms with E-state index in [1.165, 1.54) is 19.5 Å². The van der Waals surface area contributed by atoms with Crippen LogP contribution in [0.5, 0.6) is 0 Å². The third-order valence-corrected chi connectivity index (χ3v) is 9.22. The number of piperidine rings is 1. The molecule has 3 heterocycles. The van der Waals surface area contributed by atoms with Gasteiger partial charge in [-0.25, -0.2) is 14.8 Å². The number of anilines is 1. The maximum Gasteiger partial charge on any atom is 0.416 e. The molecule has 4 rings (SSSR count). The molecule has 1 amide bonds. The van der Waals surface area contributed by atoms with Crippen LogP contribution in [-0.2, 0) is 40.2 Å². The summed E-state index contributed by atoms with van der Waals surface area (Å²) >= 11 is 0. The SMILES string of the molecule is CC[C@@H]1CC(N(Cc2cc(C(F)(F)F)cc(C(F)(F)F)c2)c2ncc(-c3cnn(C)c3)cn2)C[C@H](CC)N1C(=O)OCC(C)(C)CCC(=O)OC. The number of methoxy groups -OCH3 is 1. The van der Waals surface area contributed by atoms with Crippen LogP contribution in [0.3, 0.4) is 0 Å². The summed E-state index contributed by atoms with van der Waals surface area (Å²) in [7, 11) is 3.05. The molecule has 3 aromatic rings. The summed E-state index contributed by atoms with van der Waals surface area (Å²) in [4.78, 5) is 37.6. The van der Waals surface area contributed by atoms with E-state index in [9.17, 15) is 35.9 Å². The fourth-order valence-electron chi connectivity index (χ4n) is 6.33. The molecule has 10 nitrogen and oxygen atoms in total. The van der Waals surface area contributed by atoms with Crippen molar-refractivity contribution < 1.29 is 45.4 Å². The number of hydrogen-bond donors (Lipinski definition) is 0. The molecule has 1 aromatic carbocycles. The van der Waals surface area contributed by atoms with Crippen molar-refractivity contribution in [3.05, 3.63) is 59.7 Å². The molecule has 1 unspecified atom stereocenters. The molecule has 0 spiro atoms. The average molecular weight is 727 g/mol. The Kier molecular flexibility index (Phi) is 12.3. The fourth-order valence-corrected chi connectivity index (χ4v) is 6.33. The van der Waals surface area contributed by atoms with Crippen molar-refractivity contribution in [2.45, 2.75) is 103 Å².